The number of esters is 1. The van der Waals surface area contributed by atoms with E-state index in [4.69, 9.17) is 4.74 Å². The Hall–Kier alpha value is -1.09. The standard InChI is InChI=1S/C14H24O3/c1-4-13(15)11-9-7-6-8-10-12(3)17-14(16)5-2/h4-5,12-13,15H,1-2,6-11H2,3H3/t12-,13-/m1/s1. The Morgan fingerprint density at radius 3 is 2.35 bits per heavy atom. The van der Waals surface area contributed by atoms with Crippen LogP contribution in [0.1, 0.15) is 45.4 Å². The van der Waals surface area contributed by atoms with Gasteiger partial charge in [-0.3, -0.25) is 0 Å². The summed E-state index contributed by atoms with van der Waals surface area (Å²) in [6, 6.07) is 0. The van der Waals surface area contributed by atoms with Crippen molar-refractivity contribution < 1.29 is 14.6 Å². The highest BCUT2D eigenvalue weighted by atomic mass is 16.5. The van der Waals surface area contributed by atoms with Gasteiger partial charge in [0.1, 0.15) is 0 Å². The van der Waals surface area contributed by atoms with Gasteiger partial charge in [-0.2, -0.15) is 0 Å². The molecule has 0 amide bonds. The number of aliphatic hydroxyl groups is 1. The molecular weight excluding hydrogens is 216 g/mol. The molecule has 17 heavy (non-hydrogen) atoms. The number of aliphatic hydroxyl groups excluding tert-OH is 1. The van der Waals surface area contributed by atoms with Gasteiger partial charge in [-0.15, -0.1) is 6.58 Å². The molecule has 0 heterocycles. The average molecular weight is 240 g/mol. The van der Waals surface area contributed by atoms with E-state index in [1.54, 1.807) is 6.08 Å². The third-order valence-electron chi connectivity index (χ3n) is 2.62. The fourth-order valence-electron chi connectivity index (χ4n) is 1.56. The first kappa shape index (κ1) is 15.9. The Bertz CT molecular complexity index is 236. The van der Waals surface area contributed by atoms with Gasteiger partial charge in [-0.25, -0.2) is 4.79 Å². The van der Waals surface area contributed by atoms with Gasteiger partial charge in [-0.1, -0.05) is 31.9 Å². The van der Waals surface area contributed by atoms with Gasteiger partial charge in [-0.05, 0) is 26.2 Å². The predicted octanol–water partition coefficient (Wildman–Crippen LogP) is 2.99. The molecule has 0 spiro atoms. The van der Waals surface area contributed by atoms with Crippen LogP contribution in [0.2, 0.25) is 0 Å². The van der Waals surface area contributed by atoms with E-state index >= 15 is 0 Å². The van der Waals surface area contributed by atoms with Crippen molar-refractivity contribution in [3.05, 3.63) is 25.3 Å². The molecule has 3 heteroatoms. The molecule has 0 saturated carbocycles. The Morgan fingerprint density at radius 2 is 1.82 bits per heavy atom. The molecule has 0 fully saturated rings. The highest BCUT2D eigenvalue weighted by Gasteiger charge is 2.05. The second-order valence-corrected chi connectivity index (χ2v) is 4.25. The molecule has 0 aromatic heterocycles. The molecule has 0 saturated heterocycles. The van der Waals surface area contributed by atoms with Crippen molar-refractivity contribution in [2.24, 2.45) is 0 Å². The highest BCUT2D eigenvalue weighted by Crippen LogP contribution is 2.10. The molecule has 98 valence electrons. The summed E-state index contributed by atoms with van der Waals surface area (Å²) < 4.78 is 5.05. The summed E-state index contributed by atoms with van der Waals surface area (Å²) in [6.45, 7) is 8.77. The fourth-order valence-corrected chi connectivity index (χ4v) is 1.56. The zero-order valence-electron chi connectivity index (χ0n) is 10.7. The first-order chi connectivity index (χ1) is 8.10. The van der Waals surface area contributed by atoms with Crippen molar-refractivity contribution in [3.8, 4) is 0 Å². The van der Waals surface area contributed by atoms with Crippen LogP contribution in [-0.2, 0) is 9.53 Å². The average Bonchev–Trinajstić information content (AvgIpc) is 2.32. The number of carbonyl (C=O) groups is 1. The molecule has 0 rings (SSSR count). The van der Waals surface area contributed by atoms with Crippen molar-refractivity contribution in [1.82, 2.24) is 0 Å². The number of carbonyl (C=O) groups excluding carboxylic acids is 1. The second kappa shape index (κ2) is 10.1. The van der Waals surface area contributed by atoms with Crippen molar-refractivity contribution in [2.75, 3.05) is 0 Å². The van der Waals surface area contributed by atoms with Gasteiger partial charge in [0, 0.05) is 6.08 Å². The molecule has 0 aromatic rings. The molecule has 0 aliphatic carbocycles. The van der Waals surface area contributed by atoms with Gasteiger partial charge in [0.15, 0.2) is 0 Å². The topological polar surface area (TPSA) is 46.5 Å². The van der Waals surface area contributed by atoms with Crippen molar-refractivity contribution in [2.45, 2.75) is 57.7 Å². The number of rotatable bonds is 10. The number of hydrogen-bond acceptors (Lipinski definition) is 3. The lowest BCUT2D eigenvalue weighted by atomic mass is 10.1. The molecule has 0 aliphatic heterocycles. The Kier molecular flexibility index (Phi) is 9.44. The summed E-state index contributed by atoms with van der Waals surface area (Å²) >= 11 is 0. The van der Waals surface area contributed by atoms with Gasteiger partial charge in [0.2, 0.25) is 0 Å². The number of hydrogen-bond donors (Lipinski definition) is 1. The molecule has 0 radical (unpaired) electrons. The zero-order chi connectivity index (χ0) is 13.1. The SMILES string of the molecule is C=CC(=O)O[C@H](C)CCCCCC[C@H](O)C=C. The van der Waals surface area contributed by atoms with E-state index in [0.29, 0.717) is 0 Å². The molecule has 0 unspecified atom stereocenters. The molecule has 0 aromatic carbocycles. The second-order valence-electron chi connectivity index (χ2n) is 4.25. The lowest BCUT2D eigenvalue weighted by molar-refractivity contribution is -0.142. The molecule has 1 N–H and O–H groups in total. The third-order valence-corrected chi connectivity index (χ3v) is 2.62. The molecular formula is C14H24O3. The molecule has 3 nitrogen and oxygen atoms in total. The van der Waals surface area contributed by atoms with Crippen LogP contribution in [0.5, 0.6) is 0 Å². The van der Waals surface area contributed by atoms with E-state index in [1.165, 1.54) is 6.08 Å². The maximum atomic E-state index is 10.9. The van der Waals surface area contributed by atoms with Crippen LogP contribution in [0.15, 0.2) is 25.3 Å². The van der Waals surface area contributed by atoms with Crippen molar-refractivity contribution >= 4 is 5.97 Å². The molecule has 2 atom stereocenters. The quantitative estimate of drug-likeness (QED) is 0.276. The summed E-state index contributed by atoms with van der Waals surface area (Å²) in [6.07, 6.45) is 8.23. The van der Waals surface area contributed by atoms with Crippen LogP contribution in [0.3, 0.4) is 0 Å². The Labute approximate surface area is 104 Å². The summed E-state index contributed by atoms with van der Waals surface area (Å²) in [4.78, 5) is 10.9. The Morgan fingerprint density at radius 1 is 1.24 bits per heavy atom. The van der Waals surface area contributed by atoms with Gasteiger partial charge >= 0.3 is 5.97 Å². The summed E-state index contributed by atoms with van der Waals surface area (Å²) in [5, 5.41) is 9.24. The third kappa shape index (κ3) is 9.82. The van der Waals surface area contributed by atoms with E-state index in [0.717, 1.165) is 38.5 Å². The fraction of sp³-hybridized carbons (Fsp3) is 0.643. The number of ether oxygens (including phenoxy) is 1. The van der Waals surface area contributed by atoms with Crippen LogP contribution in [0, 0.1) is 0 Å². The van der Waals surface area contributed by atoms with Gasteiger partial charge < -0.3 is 9.84 Å². The van der Waals surface area contributed by atoms with E-state index < -0.39 is 0 Å². The maximum Gasteiger partial charge on any atom is 0.330 e. The smallest absolute Gasteiger partial charge is 0.330 e. The summed E-state index contributed by atoms with van der Waals surface area (Å²) in [5.74, 6) is -0.355. The Balaban J connectivity index is 3.36. The van der Waals surface area contributed by atoms with E-state index in [9.17, 15) is 9.90 Å². The van der Waals surface area contributed by atoms with Crippen LogP contribution >= 0.6 is 0 Å². The maximum absolute atomic E-state index is 10.9. The highest BCUT2D eigenvalue weighted by molar-refractivity contribution is 5.81. The lowest BCUT2D eigenvalue weighted by Crippen LogP contribution is -2.12. The minimum Gasteiger partial charge on any atom is -0.460 e. The summed E-state index contributed by atoms with van der Waals surface area (Å²) in [7, 11) is 0. The minimum absolute atomic E-state index is 0.0423. The van der Waals surface area contributed by atoms with Crippen LogP contribution < -0.4 is 0 Å². The normalized spacial score (nSPS) is 13.8. The van der Waals surface area contributed by atoms with Crippen LogP contribution in [0.25, 0.3) is 0 Å². The van der Waals surface area contributed by atoms with E-state index in [2.05, 4.69) is 13.2 Å². The van der Waals surface area contributed by atoms with E-state index in [1.807, 2.05) is 6.92 Å². The van der Waals surface area contributed by atoms with Crippen LogP contribution in [-0.4, -0.2) is 23.3 Å². The van der Waals surface area contributed by atoms with Crippen molar-refractivity contribution in [1.29, 1.82) is 0 Å². The first-order valence-corrected chi connectivity index (χ1v) is 6.23. The minimum atomic E-state index is -0.373. The zero-order valence-corrected chi connectivity index (χ0v) is 10.7. The summed E-state index contributed by atoms with van der Waals surface area (Å²) in [5.41, 5.74) is 0. The number of unbranched alkanes of at least 4 members (excludes halogenated alkanes) is 3. The van der Waals surface area contributed by atoms with Crippen molar-refractivity contribution in [3.63, 3.8) is 0 Å². The predicted molar refractivity (Wildman–Crippen MR) is 69.7 cm³/mol. The van der Waals surface area contributed by atoms with E-state index in [-0.39, 0.29) is 18.2 Å². The largest absolute Gasteiger partial charge is 0.460 e. The van der Waals surface area contributed by atoms with Crippen LogP contribution in [0.4, 0.5) is 0 Å². The van der Waals surface area contributed by atoms with Gasteiger partial charge in [0.05, 0.1) is 12.2 Å². The monoisotopic (exact) mass is 240 g/mol. The lowest BCUT2D eigenvalue weighted by Gasteiger charge is -2.11. The van der Waals surface area contributed by atoms with Gasteiger partial charge in [0.25, 0.3) is 0 Å². The molecule has 0 aliphatic rings. The first-order valence-electron chi connectivity index (χ1n) is 6.23. The molecule has 0 bridgehead atoms.